The van der Waals surface area contributed by atoms with Crippen LogP contribution in [0.5, 0.6) is 5.75 Å². The summed E-state index contributed by atoms with van der Waals surface area (Å²) < 4.78 is 62.6. The second kappa shape index (κ2) is 5.49. The third kappa shape index (κ3) is 3.42. The van der Waals surface area contributed by atoms with Crippen LogP contribution < -0.4 is 4.74 Å². The van der Waals surface area contributed by atoms with Gasteiger partial charge in [0.2, 0.25) is 6.10 Å². The third-order valence-electron chi connectivity index (χ3n) is 2.75. The molecule has 0 aromatic heterocycles. The van der Waals surface area contributed by atoms with Gasteiger partial charge in [0.1, 0.15) is 5.75 Å². The van der Waals surface area contributed by atoms with Crippen LogP contribution in [-0.4, -0.2) is 32.1 Å². The smallest absolute Gasteiger partial charge is 0.430 e. The van der Waals surface area contributed by atoms with Crippen molar-refractivity contribution in [3.05, 3.63) is 34.9 Å². The van der Waals surface area contributed by atoms with Crippen molar-refractivity contribution >= 4 is 23.1 Å². The predicted molar refractivity (Wildman–Crippen MR) is 67.0 cm³/mol. The number of benzene rings is 1. The maximum absolute atomic E-state index is 12.8. The molecule has 1 unspecified atom stereocenters. The van der Waals surface area contributed by atoms with E-state index in [9.17, 15) is 22.2 Å². The van der Waals surface area contributed by atoms with Crippen LogP contribution in [0, 0.1) is 0 Å². The Kier molecular flexibility index (Phi) is 4.06. The van der Waals surface area contributed by atoms with E-state index in [0.29, 0.717) is 5.56 Å². The fourth-order valence-corrected chi connectivity index (χ4v) is 2.37. The minimum atomic E-state index is -4.85. The number of hydrogen-bond acceptors (Lipinski definition) is 3. The summed E-state index contributed by atoms with van der Waals surface area (Å²) in [6.45, 7) is 0. The van der Waals surface area contributed by atoms with Crippen LogP contribution in [0.15, 0.2) is 23.8 Å². The van der Waals surface area contributed by atoms with Crippen molar-refractivity contribution in [2.75, 3.05) is 0 Å². The number of ether oxygens (including phenoxy) is 1. The summed E-state index contributed by atoms with van der Waals surface area (Å²) >= 11 is -2.11. The zero-order valence-electron chi connectivity index (χ0n) is 10.3. The molecule has 9 heteroatoms. The van der Waals surface area contributed by atoms with Gasteiger partial charge in [0, 0.05) is 5.56 Å². The number of rotatable bonds is 3. The van der Waals surface area contributed by atoms with Crippen LogP contribution in [0.4, 0.5) is 13.2 Å². The van der Waals surface area contributed by atoms with E-state index in [0.717, 1.165) is 6.08 Å². The van der Waals surface area contributed by atoms with Crippen molar-refractivity contribution in [1.82, 2.24) is 0 Å². The molecule has 0 saturated heterocycles. The summed E-state index contributed by atoms with van der Waals surface area (Å²) in [4.78, 5) is 10.9. The molecule has 5 nitrogen and oxygen atoms in total. The van der Waals surface area contributed by atoms with Crippen molar-refractivity contribution in [2.45, 2.75) is 18.0 Å². The SMILES string of the molecule is O=C(O)C1=Cc2cc(CS(=O)O)ccc2O[C@@H]1C(F)(F)F. The molecule has 0 saturated carbocycles. The first-order valence-corrected chi connectivity index (χ1v) is 6.84. The lowest BCUT2D eigenvalue weighted by Gasteiger charge is -2.27. The lowest BCUT2D eigenvalue weighted by Crippen LogP contribution is -2.40. The zero-order chi connectivity index (χ0) is 15.8. The van der Waals surface area contributed by atoms with E-state index in [1.165, 1.54) is 18.2 Å². The van der Waals surface area contributed by atoms with Gasteiger partial charge in [-0.25, -0.2) is 9.00 Å². The van der Waals surface area contributed by atoms with Gasteiger partial charge in [0.05, 0.1) is 11.3 Å². The summed E-state index contributed by atoms with van der Waals surface area (Å²) in [6.07, 6.45) is -6.53. The molecule has 2 rings (SSSR count). The van der Waals surface area contributed by atoms with Gasteiger partial charge in [0.25, 0.3) is 0 Å². The second-order valence-electron chi connectivity index (χ2n) is 4.28. The van der Waals surface area contributed by atoms with E-state index in [2.05, 4.69) is 0 Å². The number of carboxylic acids is 1. The molecule has 2 atom stereocenters. The highest BCUT2D eigenvalue weighted by atomic mass is 32.2. The Morgan fingerprint density at radius 2 is 2.05 bits per heavy atom. The number of hydrogen-bond donors (Lipinski definition) is 2. The number of alkyl halides is 3. The minimum absolute atomic E-state index is 0.121. The maximum atomic E-state index is 12.8. The van der Waals surface area contributed by atoms with Crippen molar-refractivity contribution < 1.29 is 36.6 Å². The molecule has 0 bridgehead atoms. The van der Waals surface area contributed by atoms with Crippen LogP contribution in [0.1, 0.15) is 11.1 Å². The first kappa shape index (κ1) is 15.5. The highest BCUT2D eigenvalue weighted by Gasteiger charge is 2.48. The Bertz CT molecular complexity index is 638. The quantitative estimate of drug-likeness (QED) is 0.834. The Hall–Kier alpha value is -1.87. The lowest BCUT2D eigenvalue weighted by molar-refractivity contribution is -0.187. The maximum Gasteiger partial charge on any atom is 0.430 e. The monoisotopic (exact) mass is 322 g/mol. The number of aliphatic carboxylic acids is 1. The number of fused-ring (bicyclic) bond motifs is 1. The number of carboxylic acid groups (broad SMARTS) is 1. The molecule has 1 aliphatic rings. The van der Waals surface area contributed by atoms with Gasteiger partial charge in [-0.1, -0.05) is 6.07 Å². The molecule has 1 heterocycles. The highest BCUT2D eigenvalue weighted by Crippen LogP contribution is 2.37. The Morgan fingerprint density at radius 1 is 1.38 bits per heavy atom. The Labute approximate surface area is 119 Å². The lowest BCUT2D eigenvalue weighted by atomic mass is 10.00. The molecule has 2 N–H and O–H groups in total. The standard InChI is InChI=1S/C12H9F3O5S/c13-12(14,15)10-8(11(16)17)4-7-3-6(5-21(18)19)1-2-9(7)20-10/h1-4,10H,5H2,(H,16,17)(H,18,19)/t10-/m0/s1. The van der Waals surface area contributed by atoms with Crippen LogP contribution in [-0.2, 0) is 21.6 Å². The van der Waals surface area contributed by atoms with E-state index < -0.39 is 34.9 Å². The number of halogens is 3. The fourth-order valence-electron chi connectivity index (χ4n) is 1.90. The third-order valence-corrected chi connectivity index (χ3v) is 3.33. The van der Waals surface area contributed by atoms with Gasteiger partial charge < -0.3 is 14.4 Å². The van der Waals surface area contributed by atoms with Crippen molar-refractivity contribution in [2.24, 2.45) is 0 Å². The van der Waals surface area contributed by atoms with Gasteiger partial charge >= 0.3 is 12.1 Å². The first-order valence-electron chi connectivity index (χ1n) is 5.57. The summed E-state index contributed by atoms with van der Waals surface area (Å²) in [7, 11) is 0. The van der Waals surface area contributed by atoms with Crippen LogP contribution in [0.3, 0.4) is 0 Å². The average molecular weight is 322 g/mol. The molecule has 114 valence electrons. The summed E-state index contributed by atoms with van der Waals surface area (Å²) in [6, 6.07) is 3.88. The summed E-state index contributed by atoms with van der Waals surface area (Å²) in [5.74, 6) is -2.08. The molecule has 0 radical (unpaired) electrons. The molecule has 1 aromatic carbocycles. The Balaban J connectivity index is 2.46. The van der Waals surface area contributed by atoms with Crippen LogP contribution in [0.2, 0.25) is 0 Å². The van der Waals surface area contributed by atoms with E-state index in [1.807, 2.05) is 0 Å². The summed E-state index contributed by atoms with van der Waals surface area (Å²) in [5, 5.41) is 8.88. The topological polar surface area (TPSA) is 83.8 Å². The molecule has 0 amide bonds. The predicted octanol–water partition coefficient (Wildman–Crippen LogP) is 2.20. The molecule has 0 fully saturated rings. The van der Waals surface area contributed by atoms with E-state index in [-0.39, 0.29) is 17.1 Å². The molecular formula is C12H9F3O5S. The van der Waals surface area contributed by atoms with Gasteiger partial charge in [-0.05, 0) is 23.8 Å². The van der Waals surface area contributed by atoms with Crippen molar-refractivity contribution in [1.29, 1.82) is 0 Å². The normalized spacial score (nSPS) is 19.2. The molecule has 1 aliphatic heterocycles. The van der Waals surface area contributed by atoms with Gasteiger partial charge in [-0.15, -0.1) is 0 Å². The molecule has 21 heavy (non-hydrogen) atoms. The second-order valence-corrected chi connectivity index (χ2v) is 5.21. The average Bonchev–Trinajstić information content (AvgIpc) is 2.35. The highest BCUT2D eigenvalue weighted by molar-refractivity contribution is 7.78. The van der Waals surface area contributed by atoms with E-state index >= 15 is 0 Å². The van der Waals surface area contributed by atoms with Crippen molar-refractivity contribution in [3.8, 4) is 5.75 Å². The molecular weight excluding hydrogens is 313 g/mol. The van der Waals surface area contributed by atoms with Gasteiger partial charge in [-0.2, -0.15) is 13.2 Å². The van der Waals surface area contributed by atoms with Gasteiger partial charge in [-0.3, -0.25) is 0 Å². The van der Waals surface area contributed by atoms with E-state index in [4.69, 9.17) is 14.4 Å². The first-order chi connectivity index (χ1) is 9.68. The fraction of sp³-hybridized carbons (Fsp3) is 0.250. The van der Waals surface area contributed by atoms with Crippen molar-refractivity contribution in [3.63, 3.8) is 0 Å². The van der Waals surface area contributed by atoms with Crippen LogP contribution in [0.25, 0.3) is 6.08 Å². The van der Waals surface area contributed by atoms with E-state index in [1.54, 1.807) is 0 Å². The zero-order valence-corrected chi connectivity index (χ0v) is 11.1. The molecule has 1 aromatic rings. The molecule has 0 aliphatic carbocycles. The minimum Gasteiger partial charge on any atom is -0.478 e. The van der Waals surface area contributed by atoms with Crippen LogP contribution >= 0.6 is 0 Å². The summed E-state index contributed by atoms with van der Waals surface area (Å²) in [5.41, 5.74) is -0.433. The largest absolute Gasteiger partial charge is 0.478 e. The molecule has 0 spiro atoms. The Morgan fingerprint density at radius 3 is 2.57 bits per heavy atom. The van der Waals surface area contributed by atoms with Gasteiger partial charge in [0.15, 0.2) is 11.1 Å². The number of carbonyl (C=O) groups is 1.